The number of benzene rings is 2. The van der Waals surface area contributed by atoms with Gasteiger partial charge in [-0.15, -0.1) is 0 Å². The summed E-state index contributed by atoms with van der Waals surface area (Å²) in [6, 6.07) is 4.99. The number of hydrogen-bond donors (Lipinski definition) is 3. The molecule has 0 aliphatic heterocycles. The minimum absolute atomic E-state index is 0.125. The number of hydrogen-bond acceptors (Lipinski definition) is 6. The Hall–Kier alpha value is -1.83. The fourth-order valence-corrected chi connectivity index (χ4v) is 5.95. The Balaban J connectivity index is 3.49. The molecule has 3 N–H and O–H groups in total. The molecule has 130 valence electrons. The summed E-state index contributed by atoms with van der Waals surface area (Å²) in [4.78, 5) is -4.41. The van der Waals surface area contributed by atoms with E-state index in [0.29, 0.717) is 0 Å². The third-order valence-electron chi connectivity index (χ3n) is 3.10. The molecule has 0 saturated heterocycles. The molecule has 2 aromatic carbocycles. The molecule has 0 aliphatic carbocycles. The first-order chi connectivity index (χ1) is 10.8. The lowest BCUT2D eigenvalue weighted by Gasteiger charge is -2.16. The van der Waals surface area contributed by atoms with Crippen LogP contribution < -0.4 is 0 Å². The largest absolute Gasteiger partial charge is 0.297 e. The van der Waals surface area contributed by atoms with Crippen LogP contribution in [0.25, 0.3) is 16.8 Å². The minimum Gasteiger partial charge on any atom is -0.282 e. The number of fused-ring (bicyclic) bond motifs is 1. The molecule has 0 aromatic heterocycles. The van der Waals surface area contributed by atoms with Crippen LogP contribution in [0.2, 0.25) is 0 Å². The van der Waals surface area contributed by atoms with Crippen molar-refractivity contribution in [1.82, 2.24) is 0 Å². The van der Waals surface area contributed by atoms with E-state index >= 15 is 0 Å². The summed E-state index contributed by atoms with van der Waals surface area (Å²) in [5, 5.41) is -0.505. The van der Waals surface area contributed by atoms with Crippen molar-refractivity contribution in [3.05, 3.63) is 36.4 Å². The van der Waals surface area contributed by atoms with Gasteiger partial charge in [-0.25, -0.2) is 0 Å². The van der Waals surface area contributed by atoms with E-state index in [0.717, 1.165) is 12.1 Å². The highest BCUT2D eigenvalue weighted by atomic mass is 32.2. The zero-order chi connectivity index (χ0) is 18.5. The lowest BCUT2D eigenvalue weighted by molar-refractivity contribution is 0.457. The van der Waals surface area contributed by atoms with Crippen LogP contribution in [0.5, 0.6) is 0 Å². The van der Waals surface area contributed by atoms with Gasteiger partial charge in [-0.1, -0.05) is 36.9 Å². The Labute approximate surface area is 137 Å². The van der Waals surface area contributed by atoms with E-state index < -0.39 is 50.6 Å². The van der Waals surface area contributed by atoms with Crippen LogP contribution in [0.4, 0.5) is 0 Å². The van der Waals surface area contributed by atoms with Crippen molar-refractivity contribution < 1.29 is 38.9 Å². The molecule has 0 fully saturated rings. The quantitative estimate of drug-likeness (QED) is 0.647. The van der Waals surface area contributed by atoms with Crippen molar-refractivity contribution in [3.8, 4) is 0 Å². The van der Waals surface area contributed by atoms with Gasteiger partial charge in [0.05, 0.1) is 0 Å². The van der Waals surface area contributed by atoms with E-state index in [1.54, 1.807) is 0 Å². The van der Waals surface area contributed by atoms with Crippen LogP contribution in [-0.2, 0) is 30.4 Å². The molecule has 2 aromatic rings. The van der Waals surface area contributed by atoms with Gasteiger partial charge in [0.2, 0.25) is 0 Å². The zero-order valence-electron chi connectivity index (χ0n) is 11.6. The monoisotopic (exact) mass is 394 g/mol. The van der Waals surface area contributed by atoms with Crippen LogP contribution >= 0.6 is 0 Å². The molecule has 0 aliphatic rings. The Morgan fingerprint density at radius 2 is 1.12 bits per heavy atom. The van der Waals surface area contributed by atoms with Crippen LogP contribution in [0.15, 0.2) is 45.5 Å². The summed E-state index contributed by atoms with van der Waals surface area (Å²) < 4.78 is 98.0. The standard InChI is InChI=1S/C12H10O9S3/c1-2-7-8-5-3-4-6-9(8)11(23(16,17)18)12(24(19,20)21)10(7)22(13,14)15/h2-6H,1H2,(H,13,14,15)(H,16,17,18)(H,19,20,21). The van der Waals surface area contributed by atoms with E-state index in [2.05, 4.69) is 6.58 Å². The smallest absolute Gasteiger partial charge is 0.282 e. The molecule has 0 heterocycles. The van der Waals surface area contributed by atoms with Crippen molar-refractivity contribution in [2.24, 2.45) is 0 Å². The van der Waals surface area contributed by atoms with Gasteiger partial charge in [-0.05, 0) is 5.39 Å². The zero-order valence-corrected chi connectivity index (χ0v) is 14.1. The van der Waals surface area contributed by atoms with Gasteiger partial charge in [0.1, 0.15) is 14.7 Å². The van der Waals surface area contributed by atoms with E-state index in [9.17, 15) is 38.9 Å². The van der Waals surface area contributed by atoms with E-state index in [4.69, 9.17) is 0 Å². The summed E-state index contributed by atoms with van der Waals surface area (Å²) in [5.41, 5.74) is -0.451. The molecule has 2 rings (SSSR count). The molecule has 0 amide bonds. The lowest BCUT2D eigenvalue weighted by atomic mass is 10.0. The molecule has 9 nitrogen and oxygen atoms in total. The number of rotatable bonds is 4. The molecule has 0 saturated carbocycles. The second kappa shape index (κ2) is 5.61. The van der Waals surface area contributed by atoms with E-state index in [-0.39, 0.29) is 10.8 Å². The maximum Gasteiger partial charge on any atom is 0.297 e. The first kappa shape index (κ1) is 18.5. The first-order valence-corrected chi connectivity index (χ1v) is 10.3. The molecule has 0 atom stereocenters. The van der Waals surface area contributed by atoms with Gasteiger partial charge >= 0.3 is 0 Å². The summed E-state index contributed by atoms with van der Waals surface area (Å²) in [5.74, 6) is 0. The molecule has 0 radical (unpaired) electrons. The first-order valence-electron chi connectivity index (χ1n) is 5.93. The Kier molecular flexibility index (Phi) is 4.33. The molecule has 12 heteroatoms. The van der Waals surface area contributed by atoms with Crippen molar-refractivity contribution in [2.75, 3.05) is 0 Å². The molecular formula is C12H10O9S3. The molecular weight excluding hydrogens is 384 g/mol. The van der Waals surface area contributed by atoms with Gasteiger partial charge < -0.3 is 0 Å². The second-order valence-corrected chi connectivity index (χ2v) is 8.65. The Morgan fingerprint density at radius 1 is 0.708 bits per heavy atom. The highest BCUT2D eigenvalue weighted by Crippen LogP contribution is 2.39. The third kappa shape index (κ3) is 3.07. The summed E-state index contributed by atoms with van der Waals surface area (Å²) >= 11 is 0. The van der Waals surface area contributed by atoms with Crippen molar-refractivity contribution in [2.45, 2.75) is 14.7 Å². The third-order valence-corrected chi connectivity index (χ3v) is 6.16. The van der Waals surface area contributed by atoms with Gasteiger partial charge in [-0.3, -0.25) is 13.7 Å². The van der Waals surface area contributed by atoms with Crippen LogP contribution in [0, 0.1) is 0 Å². The Morgan fingerprint density at radius 3 is 1.50 bits per heavy atom. The average Bonchev–Trinajstić information content (AvgIpc) is 2.41. The van der Waals surface area contributed by atoms with Crippen molar-refractivity contribution in [1.29, 1.82) is 0 Å². The maximum absolute atomic E-state index is 11.7. The fraction of sp³-hybridized carbons (Fsp3) is 0. The Bertz CT molecular complexity index is 1170. The SMILES string of the molecule is C=Cc1c(S(=O)(=O)O)c(S(=O)(=O)O)c(S(=O)(=O)O)c2ccccc12. The summed E-state index contributed by atoms with van der Waals surface area (Å²) in [7, 11) is -16.1. The lowest BCUT2D eigenvalue weighted by Crippen LogP contribution is -2.16. The van der Waals surface area contributed by atoms with Crippen molar-refractivity contribution in [3.63, 3.8) is 0 Å². The summed E-state index contributed by atoms with van der Waals surface area (Å²) in [6.07, 6.45) is 0.869. The predicted octanol–water partition coefficient (Wildman–Crippen LogP) is 1.22. The van der Waals surface area contributed by atoms with Gasteiger partial charge in [0.15, 0.2) is 0 Å². The van der Waals surface area contributed by atoms with Crippen LogP contribution in [0.1, 0.15) is 5.56 Å². The van der Waals surface area contributed by atoms with Crippen LogP contribution in [-0.4, -0.2) is 38.9 Å². The van der Waals surface area contributed by atoms with Gasteiger partial charge in [0.25, 0.3) is 30.4 Å². The van der Waals surface area contributed by atoms with Crippen LogP contribution in [0.3, 0.4) is 0 Å². The highest BCUT2D eigenvalue weighted by Gasteiger charge is 2.36. The van der Waals surface area contributed by atoms with E-state index in [1.807, 2.05) is 0 Å². The minimum atomic E-state index is -5.48. The fourth-order valence-electron chi connectivity index (χ4n) is 2.34. The molecule has 0 bridgehead atoms. The van der Waals surface area contributed by atoms with E-state index in [1.165, 1.54) is 18.2 Å². The predicted molar refractivity (Wildman–Crippen MR) is 83.5 cm³/mol. The molecule has 0 spiro atoms. The van der Waals surface area contributed by atoms with Crippen molar-refractivity contribution >= 4 is 47.2 Å². The highest BCUT2D eigenvalue weighted by molar-refractivity contribution is 7.90. The second-order valence-electron chi connectivity index (χ2n) is 4.58. The maximum atomic E-state index is 11.7. The molecule has 24 heavy (non-hydrogen) atoms. The molecule has 0 unspecified atom stereocenters. The topological polar surface area (TPSA) is 163 Å². The average molecular weight is 394 g/mol. The van der Waals surface area contributed by atoms with Gasteiger partial charge in [0, 0.05) is 10.9 Å². The van der Waals surface area contributed by atoms with Gasteiger partial charge in [-0.2, -0.15) is 25.3 Å². The normalized spacial score (nSPS) is 13.1. The summed E-state index contributed by atoms with van der Waals surface area (Å²) in [6.45, 7) is 3.31.